The Kier molecular flexibility index (Phi) is 5.37. The second kappa shape index (κ2) is 7.72. The van der Waals surface area contributed by atoms with E-state index in [9.17, 15) is 4.79 Å². The van der Waals surface area contributed by atoms with Gasteiger partial charge in [-0.05, 0) is 51.1 Å². The van der Waals surface area contributed by atoms with Gasteiger partial charge in [-0.15, -0.1) is 0 Å². The lowest BCUT2D eigenvalue weighted by atomic mass is 10.1. The van der Waals surface area contributed by atoms with E-state index in [0.717, 1.165) is 22.6 Å². The molecule has 0 atom stereocenters. The largest absolute Gasteiger partial charge is 0.444 e. The number of carbonyl (C=O) groups is 1. The number of anilines is 3. The van der Waals surface area contributed by atoms with E-state index in [1.165, 1.54) is 0 Å². The molecule has 0 aliphatic carbocycles. The minimum atomic E-state index is -0.556. The first kappa shape index (κ1) is 18.8. The minimum absolute atomic E-state index is 0.499. The molecular formula is C20H21ClN4O2. The summed E-state index contributed by atoms with van der Waals surface area (Å²) >= 11 is 6.04. The lowest BCUT2D eigenvalue weighted by molar-refractivity contribution is 0.0636. The molecule has 1 heterocycles. The molecule has 0 aliphatic heterocycles. The van der Waals surface area contributed by atoms with E-state index in [4.69, 9.17) is 16.3 Å². The number of halogens is 1. The Morgan fingerprint density at radius 1 is 1.11 bits per heavy atom. The zero-order chi connectivity index (χ0) is 19.4. The molecule has 0 spiro atoms. The summed E-state index contributed by atoms with van der Waals surface area (Å²) in [5.41, 5.74) is 3.39. The van der Waals surface area contributed by atoms with Crippen molar-refractivity contribution in [3.8, 4) is 11.3 Å². The van der Waals surface area contributed by atoms with Crippen LogP contribution in [0.25, 0.3) is 11.3 Å². The number of amides is 1. The zero-order valence-corrected chi connectivity index (χ0v) is 16.1. The Hall–Kier alpha value is -2.99. The topological polar surface area (TPSA) is 79.0 Å². The molecule has 2 aromatic carbocycles. The number of hydrogen-bond acceptors (Lipinski definition) is 4. The first-order valence-corrected chi connectivity index (χ1v) is 8.84. The summed E-state index contributed by atoms with van der Waals surface area (Å²) in [5, 5.41) is 13.8. The second-order valence-electron chi connectivity index (χ2n) is 7.00. The third-order valence-electron chi connectivity index (χ3n) is 3.54. The Morgan fingerprint density at radius 3 is 2.59 bits per heavy atom. The predicted octanol–water partition coefficient (Wildman–Crippen LogP) is 5.82. The van der Waals surface area contributed by atoms with Gasteiger partial charge in [0.2, 0.25) is 0 Å². The first-order chi connectivity index (χ1) is 12.8. The molecule has 3 rings (SSSR count). The highest BCUT2D eigenvalue weighted by atomic mass is 35.5. The Balaban J connectivity index is 1.80. The van der Waals surface area contributed by atoms with Crippen LogP contribution in [0.3, 0.4) is 0 Å². The Bertz CT molecular complexity index is 947. The van der Waals surface area contributed by atoms with Crippen LogP contribution in [0.4, 0.5) is 21.9 Å². The van der Waals surface area contributed by atoms with Gasteiger partial charge in [-0.1, -0.05) is 29.8 Å². The maximum Gasteiger partial charge on any atom is 0.412 e. The molecule has 27 heavy (non-hydrogen) atoms. The van der Waals surface area contributed by atoms with E-state index in [1.807, 2.05) is 63.2 Å². The van der Waals surface area contributed by atoms with Crippen molar-refractivity contribution in [3.63, 3.8) is 0 Å². The van der Waals surface area contributed by atoms with Crippen molar-refractivity contribution < 1.29 is 9.53 Å². The van der Waals surface area contributed by atoms with Gasteiger partial charge in [0.1, 0.15) is 5.60 Å². The monoisotopic (exact) mass is 384 g/mol. The third kappa shape index (κ3) is 5.24. The standard InChI is InChI=1S/C20H21ClN4O2/c1-20(2,3)27-19(26)24-15-8-4-6-13(10-15)18-17(12-22-25-18)23-16-9-5-7-14(21)11-16/h4-12,23H,1-3H3,(H,22,25)(H,24,26). The molecule has 0 radical (unpaired) electrons. The molecule has 0 bridgehead atoms. The first-order valence-electron chi connectivity index (χ1n) is 8.46. The minimum Gasteiger partial charge on any atom is -0.444 e. The van der Waals surface area contributed by atoms with Crippen LogP contribution in [-0.4, -0.2) is 21.9 Å². The Morgan fingerprint density at radius 2 is 1.85 bits per heavy atom. The maximum atomic E-state index is 12.0. The summed E-state index contributed by atoms with van der Waals surface area (Å²) in [6, 6.07) is 14.9. The number of nitrogens with one attached hydrogen (secondary N) is 3. The van der Waals surface area contributed by atoms with Crippen LogP contribution in [0.15, 0.2) is 54.7 Å². The van der Waals surface area contributed by atoms with E-state index in [-0.39, 0.29) is 0 Å². The number of hydrogen-bond donors (Lipinski definition) is 3. The molecule has 0 saturated carbocycles. The van der Waals surface area contributed by atoms with Crippen LogP contribution < -0.4 is 10.6 Å². The van der Waals surface area contributed by atoms with E-state index in [1.54, 1.807) is 12.3 Å². The lowest BCUT2D eigenvalue weighted by Gasteiger charge is -2.19. The molecule has 1 aromatic heterocycles. The number of carbonyl (C=O) groups excluding carboxylic acids is 1. The maximum absolute atomic E-state index is 12.0. The average molecular weight is 385 g/mol. The fraction of sp³-hybridized carbons (Fsp3) is 0.200. The van der Waals surface area contributed by atoms with Crippen molar-refractivity contribution in [1.29, 1.82) is 0 Å². The summed E-state index contributed by atoms with van der Waals surface area (Å²) in [6.45, 7) is 5.46. The number of ether oxygens (including phenoxy) is 1. The molecule has 3 aromatic rings. The van der Waals surface area contributed by atoms with Gasteiger partial charge in [-0.2, -0.15) is 5.10 Å². The second-order valence-corrected chi connectivity index (χ2v) is 7.44. The summed E-state index contributed by atoms with van der Waals surface area (Å²) in [7, 11) is 0. The van der Waals surface area contributed by atoms with E-state index < -0.39 is 11.7 Å². The molecule has 140 valence electrons. The van der Waals surface area contributed by atoms with Crippen LogP contribution in [0.2, 0.25) is 5.02 Å². The van der Waals surface area contributed by atoms with Crippen LogP contribution in [-0.2, 0) is 4.74 Å². The van der Waals surface area contributed by atoms with Crippen molar-refractivity contribution in [2.45, 2.75) is 26.4 Å². The predicted molar refractivity (Wildman–Crippen MR) is 109 cm³/mol. The fourth-order valence-electron chi connectivity index (χ4n) is 2.50. The number of H-pyrrole nitrogens is 1. The van der Waals surface area contributed by atoms with Gasteiger partial charge < -0.3 is 10.1 Å². The van der Waals surface area contributed by atoms with Gasteiger partial charge in [0, 0.05) is 22.0 Å². The van der Waals surface area contributed by atoms with E-state index in [0.29, 0.717) is 10.7 Å². The van der Waals surface area contributed by atoms with E-state index in [2.05, 4.69) is 20.8 Å². The normalized spacial score (nSPS) is 11.1. The molecule has 1 amide bonds. The molecular weight excluding hydrogens is 364 g/mol. The molecule has 3 N–H and O–H groups in total. The van der Waals surface area contributed by atoms with Crippen LogP contribution >= 0.6 is 11.6 Å². The number of aromatic amines is 1. The average Bonchev–Trinajstić information content (AvgIpc) is 3.01. The zero-order valence-electron chi connectivity index (χ0n) is 15.3. The quantitative estimate of drug-likeness (QED) is 0.529. The van der Waals surface area contributed by atoms with Gasteiger partial charge in [-0.25, -0.2) is 4.79 Å². The van der Waals surface area contributed by atoms with Gasteiger partial charge in [0.05, 0.1) is 17.6 Å². The summed E-state index contributed by atoms with van der Waals surface area (Å²) in [6.07, 6.45) is 1.20. The van der Waals surface area contributed by atoms with E-state index >= 15 is 0 Å². The highest BCUT2D eigenvalue weighted by molar-refractivity contribution is 6.30. The fourth-order valence-corrected chi connectivity index (χ4v) is 2.69. The highest BCUT2D eigenvalue weighted by Gasteiger charge is 2.16. The summed E-state index contributed by atoms with van der Waals surface area (Å²) in [5.74, 6) is 0. The van der Waals surface area contributed by atoms with Crippen molar-refractivity contribution in [3.05, 3.63) is 59.8 Å². The highest BCUT2D eigenvalue weighted by Crippen LogP contribution is 2.30. The van der Waals surface area contributed by atoms with Crippen molar-refractivity contribution >= 4 is 34.8 Å². The van der Waals surface area contributed by atoms with Crippen molar-refractivity contribution in [2.75, 3.05) is 10.6 Å². The van der Waals surface area contributed by atoms with Crippen LogP contribution in [0.5, 0.6) is 0 Å². The van der Waals surface area contributed by atoms with Gasteiger partial charge in [0.15, 0.2) is 0 Å². The SMILES string of the molecule is CC(C)(C)OC(=O)Nc1cccc(-c2[nH]ncc2Nc2cccc(Cl)c2)c1. The molecule has 0 unspecified atom stereocenters. The van der Waals surface area contributed by atoms with Crippen LogP contribution in [0.1, 0.15) is 20.8 Å². The summed E-state index contributed by atoms with van der Waals surface area (Å²) < 4.78 is 5.29. The number of nitrogens with zero attached hydrogens (tertiary/aromatic N) is 1. The van der Waals surface area contributed by atoms with Gasteiger partial charge in [-0.3, -0.25) is 10.4 Å². The summed E-state index contributed by atoms with van der Waals surface area (Å²) in [4.78, 5) is 12.0. The number of aromatic nitrogens is 2. The van der Waals surface area contributed by atoms with Gasteiger partial charge in [0.25, 0.3) is 0 Å². The van der Waals surface area contributed by atoms with Crippen molar-refractivity contribution in [1.82, 2.24) is 10.2 Å². The smallest absolute Gasteiger partial charge is 0.412 e. The number of rotatable bonds is 4. The van der Waals surface area contributed by atoms with Crippen LogP contribution in [0, 0.1) is 0 Å². The Labute approximate surface area is 162 Å². The van der Waals surface area contributed by atoms with Gasteiger partial charge >= 0.3 is 6.09 Å². The number of benzene rings is 2. The molecule has 0 aliphatic rings. The molecule has 0 fully saturated rings. The molecule has 0 saturated heterocycles. The lowest BCUT2D eigenvalue weighted by Crippen LogP contribution is -2.27. The third-order valence-corrected chi connectivity index (χ3v) is 3.77. The van der Waals surface area contributed by atoms with Crippen molar-refractivity contribution in [2.24, 2.45) is 0 Å². The molecule has 7 heteroatoms. The molecule has 6 nitrogen and oxygen atoms in total.